The van der Waals surface area contributed by atoms with Gasteiger partial charge in [0.1, 0.15) is 24.6 Å². The van der Waals surface area contributed by atoms with Crippen LogP contribution in [-0.2, 0) is 16.2 Å². The lowest BCUT2D eigenvalue weighted by atomic mass is 10.1. The molecule has 0 unspecified atom stereocenters. The number of non-ortho nitro benzene ring substituents is 1. The largest absolute Gasteiger partial charge is 0.495 e. The Balaban J connectivity index is 1.47. The quantitative estimate of drug-likeness (QED) is 0.148. The van der Waals surface area contributed by atoms with Crippen molar-refractivity contribution in [2.45, 2.75) is 6.61 Å². The van der Waals surface area contributed by atoms with Gasteiger partial charge in [-0.25, -0.2) is 9.69 Å². The first-order chi connectivity index (χ1) is 19.2. The normalized spacial score (nSPS) is 13.7. The monoisotopic (exact) mass is 610 g/mol. The first kappa shape index (κ1) is 28.1. The standard InChI is InChI=1S/C27H23BrN4O8/c1-38-22-9-4-3-8-20(22)29-24(33)14-31-26(34)21(30-27(31)35)12-17-11-19(28)25(23(13-17)39-2)40-15-16-6-5-7-18(10-16)32(36)37/h3-13H,14-15H2,1-2H3,(H,29,33)(H,30,35)/b21-12+. The van der Waals surface area contributed by atoms with E-state index in [0.717, 1.165) is 4.90 Å². The van der Waals surface area contributed by atoms with Crippen LogP contribution >= 0.6 is 15.9 Å². The van der Waals surface area contributed by atoms with Crippen LogP contribution in [0, 0.1) is 10.1 Å². The Morgan fingerprint density at radius 1 is 1.07 bits per heavy atom. The van der Waals surface area contributed by atoms with Crippen LogP contribution in [0.1, 0.15) is 11.1 Å². The highest BCUT2D eigenvalue weighted by Gasteiger charge is 2.35. The number of carbonyl (C=O) groups excluding carboxylic acids is 3. The summed E-state index contributed by atoms with van der Waals surface area (Å²) >= 11 is 3.43. The van der Waals surface area contributed by atoms with Gasteiger partial charge in [0.25, 0.3) is 11.6 Å². The lowest BCUT2D eigenvalue weighted by Crippen LogP contribution is -2.38. The van der Waals surface area contributed by atoms with Crippen molar-refractivity contribution >= 4 is 51.2 Å². The molecule has 0 atom stereocenters. The number of methoxy groups -OCH3 is 2. The second-order valence-corrected chi connectivity index (χ2v) is 9.23. The van der Waals surface area contributed by atoms with Crippen molar-refractivity contribution in [2.75, 3.05) is 26.1 Å². The minimum Gasteiger partial charge on any atom is -0.495 e. The average molecular weight is 611 g/mol. The van der Waals surface area contributed by atoms with Gasteiger partial charge in [-0.15, -0.1) is 0 Å². The second kappa shape index (κ2) is 12.3. The molecule has 3 aromatic carbocycles. The molecule has 1 heterocycles. The first-order valence-corrected chi connectivity index (χ1v) is 12.5. The number of hydrogen-bond donors (Lipinski definition) is 2. The van der Waals surface area contributed by atoms with Crippen LogP contribution in [0.15, 0.2) is 70.8 Å². The van der Waals surface area contributed by atoms with Gasteiger partial charge in [-0.1, -0.05) is 24.3 Å². The van der Waals surface area contributed by atoms with Gasteiger partial charge in [-0.05, 0) is 57.4 Å². The third-order valence-corrected chi connectivity index (χ3v) is 6.30. The molecule has 0 radical (unpaired) electrons. The molecule has 12 nitrogen and oxygen atoms in total. The molecule has 0 spiro atoms. The minimum absolute atomic E-state index is 0.0330. The maximum absolute atomic E-state index is 12.9. The second-order valence-electron chi connectivity index (χ2n) is 8.38. The lowest BCUT2D eigenvalue weighted by molar-refractivity contribution is -0.384. The van der Waals surface area contributed by atoms with Crippen molar-refractivity contribution in [2.24, 2.45) is 0 Å². The molecule has 13 heteroatoms. The number of carbonyl (C=O) groups is 3. The predicted molar refractivity (Wildman–Crippen MR) is 148 cm³/mol. The number of nitro groups is 1. The number of urea groups is 1. The number of amides is 4. The number of anilines is 1. The third-order valence-electron chi connectivity index (χ3n) is 5.71. The number of imide groups is 1. The number of rotatable bonds is 10. The zero-order chi connectivity index (χ0) is 28.8. The lowest BCUT2D eigenvalue weighted by Gasteiger charge is -2.14. The van der Waals surface area contributed by atoms with E-state index < -0.39 is 29.3 Å². The molecule has 1 aliphatic rings. The van der Waals surface area contributed by atoms with Crippen LogP contribution in [0.4, 0.5) is 16.2 Å². The Kier molecular flexibility index (Phi) is 8.64. The molecule has 0 saturated carbocycles. The molecule has 4 rings (SSSR count). The smallest absolute Gasteiger partial charge is 0.329 e. The molecular weight excluding hydrogens is 588 g/mol. The Morgan fingerprint density at radius 2 is 1.82 bits per heavy atom. The van der Waals surface area contributed by atoms with Gasteiger partial charge < -0.3 is 24.8 Å². The molecule has 40 heavy (non-hydrogen) atoms. The van der Waals surface area contributed by atoms with Crippen molar-refractivity contribution in [1.29, 1.82) is 0 Å². The Labute approximate surface area is 236 Å². The third kappa shape index (κ3) is 6.38. The fourth-order valence-corrected chi connectivity index (χ4v) is 4.42. The molecule has 1 aliphatic heterocycles. The summed E-state index contributed by atoms with van der Waals surface area (Å²) in [5.74, 6) is -0.167. The van der Waals surface area contributed by atoms with Gasteiger partial charge in [0.15, 0.2) is 11.5 Å². The highest BCUT2D eigenvalue weighted by molar-refractivity contribution is 9.10. The molecule has 2 N–H and O–H groups in total. The van der Waals surface area contributed by atoms with Crippen molar-refractivity contribution < 1.29 is 33.5 Å². The van der Waals surface area contributed by atoms with Crippen molar-refractivity contribution in [3.63, 3.8) is 0 Å². The number of nitro benzene ring substituents is 1. The van der Waals surface area contributed by atoms with Crippen LogP contribution in [0.25, 0.3) is 6.08 Å². The van der Waals surface area contributed by atoms with Crippen molar-refractivity contribution in [3.8, 4) is 17.2 Å². The molecule has 206 valence electrons. The van der Waals surface area contributed by atoms with E-state index in [-0.39, 0.29) is 18.0 Å². The summed E-state index contributed by atoms with van der Waals surface area (Å²) in [6, 6.07) is 15.3. The van der Waals surface area contributed by atoms with Crippen LogP contribution in [0.2, 0.25) is 0 Å². The Morgan fingerprint density at radius 3 is 2.55 bits per heavy atom. The predicted octanol–water partition coefficient (Wildman–Crippen LogP) is 4.48. The number of halogens is 1. The van der Waals surface area contributed by atoms with Gasteiger partial charge in [0.2, 0.25) is 5.91 Å². The summed E-state index contributed by atoms with van der Waals surface area (Å²) in [4.78, 5) is 49.3. The molecule has 0 aliphatic carbocycles. The Hall–Kier alpha value is -4.91. The summed E-state index contributed by atoms with van der Waals surface area (Å²) in [5, 5.41) is 16.1. The fraction of sp³-hybridized carbons (Fsp3) is 0.148. The number of hydrogen-bond acceptors (Lipinski definition) is 8. The molecule has 1 fully saturated rings. The molecule has 0 bridgehead atoms. The molecule has 3 aromatic rings. The van der Waals surface area contributed by atoms with E-state index in [2.05, 4.69) is 26.6 Å². The maximum Gasteiger partial charge on any atom is 0.329 e. The fourth-order valence-electron chi connectivity index (χ4n) is 3.84. The van der Waals surface area contributed by atoms with E-state index in [0.29, 0.717) is 38.5 Å². The summed E-state index contributed by atoms with van der Waals surface area (Å²) in [7, 11) is 2.90. The van der Waals surface area contributed by atoms with Crippen LogP contribution in [-0.4, -0.2) is 48.4 Å². The number of nitrogens with one attached hydrogen (secondary N) is 2. The van der Waals surface area contributed by atoms with E-state index >= 15 is 0 Å². The zero-order valence-corrected chi connectivity index (χ0v) is 22.9. The molecular formula is C27H23BrN4O8. The maximum atomic E-state index is 12.9. The summed E-state index contributed by atoms with van der Waals surface area (Å²) < 4.78 is 17.0. The van der Waals surface area contributed by atoms with E-state index in [1.54, 1.807) is 48.5 Å². The van der Waals surface area contributed by atoms with Gasteiger partial charge in [0.05, 0.1) is 29.3 Å². The summed E-state index contributed by atoms with van der Waals surface area (Å²) in [6.07, 6.45) is 1.44. The van der Waals surface area contributed by atoms with E-state index in [4.69, 9.17) is 14.2 Å². The topological polar surface area (TPSA) is 149 Å². The molecule has 1 saturated heterocycles. The van der Waals surface area contributed by atoms with E-state index in [9.17, 15) is 24.5 Å². The van der Waals surface area contributed by atoms with Crippen molar-refractivity contribution in [3.05, 3.63) is 92.1 Å². The van der Waals surface area contributed by atoms with E-state index in [1.807, 2.05) is 0 Å². The molecule has 0 aromatic heterocycles. The van der Waals surface area contributed by atoms with Crippen LogP contribution < -0.4 is 24.8 Å². The zero-order valence-electron chi connectivity index (χ0n) is 21.3. The first-order valence-electron chi connectivity index (χ1n) is 11.7. The summed E-state index contributed by atoms with van der Waals surface area (Å²) in [5.41, 5.74) is 1.40. The van der Waals surface area contributed by atoms with Crippen LogP contribution in [0.5, 0.6) is 17.2 Å². The summed E-state index contributed by atoms with van der Waals surface area (Å²) in [6.45, 7) is -0.463. The number of ether oxygens (including phenoxy) is 3. The highest BCUT2D eigenvalue weighted by Crippen LogP contribution is 2.38. The van der Waals surface area contributed by atoms with Gasteiger partial charge in [0, 0.05) is 12.1 Å². The minimum atomic E-state index is -0.741. The highest BCUT2D eigenvalue weighted by atomic mass is 79.9. The average Bonchev–Trinajstić information content (AvgIpc) is 3.19. The SMILES string of the molecule is COc1ccccc1NC(=O)CN1C(=O)N/C(=C/c2cc(Br)c(OCc3cccc([N+](=O)[O-])c3)c(OC)c2)C1=O. The Bertz CT molecular complexity index is 1520. The number of para-hydroxylation sites is 2. The van der Waals surface area contributed by atoms with Crippen molar-refractivity contribution in [1.82, 2.24) is 10.2 Å². The molecule has 4 amide bonds. The van der Waals surface area contributed by atoms with Gasteiger partial charge in [-0.3, -0.25) is 19.7 Å². The van der Waals surface area contributed by atoms with E-state index in [1.165, 1.54) is 32.4 Å². The van der Waals surface area contributed by atoms with Gasteiger partial charge in [-0.2, -0.15) is 0 Å². The number of benzene rings is 3. The van der Waals surface area contributed by atoms with Crippen LogP contribution in [0.3, 0.4) is 0 Å². The number of nitrogens with zero attached hydrogens (tertiary/aromatic N) is 2. The van der Waals surface area contributed by atoms with Gasteiger partial charge >= 0.3 is 6.03 Å².